The second-order valence-electron chi connectivity index (χ2n) is 2.65. The van der Waals surface area contributed by atoms with Crippen LogP contribution < -0.4 is 0 Å². The summed E-state index contributed by atoms with van der Waals surface area (Å²) in [7, 11) is 1.61. The van der Waals surface area contributed by atoms with Gasteiger partial charge in [-0.3, -0.25) is 4.90 Å². The molecule has 1 fully saturated rings. The molecule has 0 aromatic carbocycles. The fourth-order valence-corrected chi connectivity index (χ4v) is 1.21. The van der Waals surface area contributed by atoms with Crippen molar-refractivity contribution in [2.24, 2.45) is 0 Å². The number of aliphatic hydroxyl groups is 1. The number of aliphatic carboxylic acids is 1. The molecule has 0 aliphatic carbocycles. The molecule has 1 aliphatic rings. The van der Waals surface area contributed by atoms with E-state index in [0.717, 1.165) is 6.42 Å². The van der Waals surface area contributed by atoms with Crippen molar-refractivity contribution in [1.82, 2.24) is 4.90 Å². The third-order valence-corrected chi connectivity index (χ3v) is 1.99. The highest BCUT2D eigenvalue weighted by Crippen LogP contribution is 2.24. The van der Waals surface area contributed by atoms with Crippen molar-refractivity contribution in [2.45, 2.75) is 18.6 Å². The summed E-state index contributed by atoms with van der Waals surface area (Å²) < 4.78 is 0. The number of likely N-dealkylation sites (N-methyl/N-ethyl adjacent to an activating group) is 1. The van der Waals surface area contributed by atoms with Crippen molar-refractivity contribution in [1.29, 1.82) is 0 Å². The van der Waals surface area contributed by atoms with E-state index in [4.69, 9.17) is 5.11 Å². The van der Waals surface area contributed by atoms with E-state index in [9.17, 15) is 9.90 Å². The van der Waals surface area contributed by atoms with Crippen molar-refractivity contribution in [3.63, 3.8) is 0 Å². The fraction of sp³-hybridized carbons (Fsp3) is 0.833. The smallest absolute Gasteiger partial charge is 0.351 e. The zero-order chi connectivity index (χ0) is 7.78. The second-order valence-corrected chi connectivity index (χ2v) is 2.65. The molecule has 0 saturated carbocycles. The summed E-state index contributed by atoms with van der Waals surface area (Å²) in [5.74, 6) is -1.15. The van der Waals surface area contributed by atoms with Crippen LogP contribution in [0.15, 0.2) is 0 Å². The number of hydrogen-bond acceptors (Lipinski definition) is 3. The van der Waals surface area contributed by atoms with E-state index in [2.05, 4.69) is 0 Å². The number of halogens is 1. The summed E-state index contributed by atoms with van der Waals surface area (Å²) in [6, 6.07) is 0. The summed E-state index contributed by atoms with van der Waals surface area (Å²) in [6.07, 6.45) is 1.08. The predicted octanol–water partition coefficient (Wildman–Crippen LogP) is -0.0930. The normalized spacial score (nSPS) is 31.5. The van der Waals surface area contributed by atoms with Gasteiger partial charge in [-0.15, -0.1) is 12.4 Å². The summed E-state index contributed by atoms with van der Waals surface area (Å²) in [5.41, 5.74) is -1.60. The Morgan fingerprint density at radius 2 is 2.18 bits per heavy atom. The Morgan fingerprint density at radius 3 is 2.36 bits per heavy atom. The van der Waals surface area contributed by atoms with Crippen LogP contribution in [0.1, 0.15) is 12.8 Å². The fourth-order valence-electron chi connectivity index (χ4n) is 1.21. The van der Waals surface area contributed by atoms with E-state index >= 15 is 0 Å². The van der Waals surface area contributed by atoms with Gasteiger partial charge in [0.2, 0.25) is 5.72 Å². The van der Waals surface area contributed by atoms with Gasteiger partial charge in [-0.1, -0.05) is 0 Å². The van der Waals surface area contributed by atoms with E-state index < -0.39 is 11.7 Å². The molecule has 1 saturated heterocycles. The van der Waals surface area contributed by atoms with E-state index in [1.807, 2.05) is 0 Å². The highest BCUT2D eigenvalue weighted by molar-refractivity contribution is 5.85. The minimum absolute atomic E-state index is 0. The maximum absolute atomic E-state index is 10.4. The van der Waals surface area contributed by atoms with E-state index in [1.54, 1.807) is 7.05 Å². The molecular weight excluding hydrogens is 170 g/mol. The third kappa shape index (κ3) is 1.64. The molecule has 1 rings (SSSR count). The zero-order valence-corrected chi connectivity index (χ0v) is 7.10. The summed E-state index contributed by atoms with van der Waals surface area (Å²) in [6.45, 7) is 0.656. The average Bonchev–Trinajstić information content (AvgIpc) is 2.15. The van der Waals surface area contributed by atoms with Crippen LogP contribution in [0.2, 0.25) is 0 Å². The van der Waals surface area contributed by atoms with Gasteiger partial charge in [-0.2, -0.15) is 0 Å². The number of carbonyl (C=O) groups is 1. The van der Waals surface area contributed by atoms with Gasteiger partial charge in [0, 0.05) is 13.0 Å². The lowest BCUT2D eigenvalue weighted by Gasteiger charge is -2.24. The van der Waals surface area contributed by atoms with Crippen LogP contribution in [0, 0.1) is 0 Å². The molecule has 11 heavy (non-hydrogen) atoms. The number of nitrogens with zero attached hydrogens (tertiary/aromatic N) is 1. The molecular formula is C6H12ClNO3. The second kappa shape index (κ2) is 3.38. The molecule has 0 unspecified atom stereocenters. The Hall–Kier alpha value is -0.320. The topological polar surface area (TPSA) is 60.8 Å². The van der Waals surface area contributed by atoms with Crippen LogP contribution in [-0.2, 0) is 4.79 Å². The molecule has 0 amide bonds. The molecule has 0 bridgehead atoms. The molecule has 4 nitrogen and oxygen atoms in total. The molecule has 5 heteroatoms. The molecule has 0 aromatic heterocycles. The monoisotopic (exact) mass is 181 g/mol. The summed E-state index contributed by atoms with van der Waals surface area (Å²) >= 11 is 0. The quantitative estimate of drug-likeness (QED) is 0.594. The number of rotatable bonds is 1. The number of carboxylic acid groups (broad SMARTS) is 1. The third-order valence-electron chi connectivity index (χ3n) is 1.99. The van der Waals surface area contributed by atoms with Gasteiger partial charge in [0.1, 0.15) is 0 Å². The molecule has 0 spiro atoms. The van der Waals surface area contributed by atoms with Crippen LogP contribution in [0.4, 0.5) is 0 Å². The van der Waals surface area contributed by atoms with Crippen molar-refractivity contribution in [3.8, 4) is 0 Å². The van der Waals surface area contributed by atoms with E-state index in [0.29, 0.717) is 13.0 Å². The van der Waals surface area contributed by atoms with Gasteiger partial charge in [0.15, 0.2) is 0 Å². The number of likely N-dealkylation sites (tertiary alicyclic amines) is 1. The van der Waals surface area contributed by atoms with Crippen molar-refractivity contribution < 1.29 is 15.0 Å². The van der Waals surface area contributed by atoms with Crippen LogP contribution in [0.25, 0.3) is 0 Å². The van der Waals surface area contributed by atoms with Crippen LogP contribution in [0.3, 0.4) is 0 Å². The lowest BCUT2D eigenvalue weighted by molar-refractivity contribution is -0.173. The first-order chi connectivity index (χ1) is 4.57. The lowest BCUT2D eigenvalue weighted by Crippen LogP contribution is -2.48. The Balaban J connectivity index is 0.000001000. The largest absolute Gasteiger partial charge is 0.478 e. The predicted molar refractivity (Wildman–Crippen MR) is 41.7 cm³/mol. The van der Waals surface area contributed by atoms with Gasteiger partial charge in [-0.05, 0) is 13.5 Å². The molecule has 1 heterocycles. The molecule has 66 valence electrons. The van der Waals surface area contributed by atoms with E-state index in [1.165, 1.54) is 4.90 Å². The van der Waals surface area contributed by atoms with Crippen LogP contribution in [0.5, 0.6) is 0 Å². The van der Waals surface area contributed by atoms with Gasteiger partial charge in [0.25, 0.3) is 0 Å². The first-order valence-corrected chi connectivity index (χ1v) is 3.24. The zero-order valence-electron chi connectivity index (χ0n) is 6.28. The molecule has 2 N–H and O–H groups in total. The molecule has 1 atom stereocenters. The minimum Gasteiger partial charge on any atom is -0.478 e. The van der Waals surface area contributed by atoms with Gasteiger partial charge >= 0.3 is 5.97 Å². The summed E-state index contributed by atoms with van der Waals surface area (Å²) in [5, 5.41) is 17.9. The number of hydrogen-bond donors (Lipinski definition) is 2. The maximum Gasteiger partial charge on any atom is 0.351 e. The van der Waals surface area contributed by atoms with Gasteiger partial charge < -0.3 is 10.2 Å². The van der Waals surface area contributed by atoms with Crippen LogP contribution >= 0.6 is 12.4 Å². The molecule has 0 radical (unpaired) electrons. The Morgan fingerprint density at radius 1 is 1.64 bits per heavy atom. The first kappa shape index (κ1) is 10.7. The standard InChI is InChI=1S/C6H11NO3.ClH/c1-7-4-2-3-6(7,10)5(8)9;/h10H,2-4H2,1H3,(H,8,9);1H/t6-;/m0./s1. The SMILES string of the molecule is CN1CCC[C@]1(O)C(=O)O.Cl. The Labute approximate surface area is 71.2 Å². The highest BCUT2D eigenvalue weighted by atomic mass is 35.5. The van der Waals surface area contributed by atoms with Crippen LogP contribution in [-0.4, -0.2) is 40.4 Å². The average molecular weight is 182 g/mol. The number of carboxylic acids is 1. The van der Waals surface area contributed by atoms with Crippen molar-refractivity contribution in [3.05, 3.63) is 0 Å². The summed E-state index contributed by atoms with van der Waals surface area (Å²) in [4.78, 5) is 11.9. The Bertz CT molecular complexity index is 164. The maximum atomic E-state index is 10.4. The first-order valence-electron chi connectivity index (χ1n) is 3.24. The molecule has 0 aromatic rings. The molecule has 1 aliphatic heterocycles. The lowest BCUT2D eigenvalue weighted by atomic mass is 10.1. The highest BCUT2D eigenvalue weighted by Gasteiger charge is 2.43. The van der Waals surface area contributed by atoms with Crippen molar-refractivity contribution in [2.75, 3.05) is 13.6 Å². The Kier molecular flexibility index (Phi) is 3.29. The van der Waals surface area contributed by atoms with Crippen molar-refractivity contribution >= 4 is 18.4 Å². The van der Waals surface area contributed by atoms with Gasteiger partial charge in [0.05, 0.1) is 0 Å². The van der Waals surface area contributed by atoms with Gasteiger partial charge in [-0.25, -0.2) is 4.79 Å². The van der Waals surface area contributed by atoms with E-state index in [-0.39, 0.29) is 12.4 Å². The minimum atomic E-state index is -1.60.